The molecular weight excluding hydrogens is 378 g/mol. The molecule has 0 unspecified atom stereocenters. The van der Waals surface area contributed by atoms with Gasteiger partial charge in [-0.3, -0.25) is 4.79 Å². The van der Waals surface area contributed by atoms with E-state index in [1.165, 1.54) is 21.9 Å². The highest BCUT2D eigenvalue weighted by molar-refractivity contribution is 7.16. The molecule has 4 rings (SSSR count). The molecule has 1 aromatic carbocycles. The summed E-state index contributed by atoms with van der Waals surface area (Å²) in [6.07, 6.45) is 0. The third kappa shape index (κ3) is 2.77. The zero-order valence-corrected chi connectivity index (χ0v) is 15.3. The Labute approximate surface area is 155 Å². The second kappa shape index (κ2) is 6.22. The molecule has 0 atom stereocenters. The van der Waals surface area contributed by atoms with Crippen molar-refractivity contribution >= 4 is 44.8 Å². The van der Waals surface area contributed by atoms with Crippen LogP contribution in [-0.4, -0.2) is 20.6 Å². The molecule has 0 radical (unpaired) electrons. The van der Waals surface area contributed by atoms with E-state index in [4.69, 9.17) is 20.8 Å². The molecule has 3 heterocycles. The third-order valence-electron chi connectivity index (χ3n) is 3.84. The van der Waals surface area contributed by atoms with Gasteiger partial charge >= 0.3 is 5.97 Å². The molecule has 3 aromatic heterocycles. The highest BCUT2D eigenvalue weighted by atomic mass is 35.5. The number of rotatable bonds is 3. The van der Waals surface area contributed by atoms with E-state index in [1.807, 2.05) is 6.07 Å². The van der Waals surface area contributed by atoms with E-state index in [0.717, 1.165) is 5.39 Å². The van der Waals surface area contributed by atoms with Crippen molar-refractivity contribution in [3.05, 3.63) is 61.7 Å². The fourth-order valence-electron chi connectivity index (χ4n) is 2.61. The van der Waals surface area contributed by atoms with Gasteiger partial charge in [-0.2, -0.15) is 9.61 Å². The predicted octanol–water partition coefficient (Wildman–Crippen LogP) is 3.52. The van der Waals surface area contributed by atoms with Crippen LogP contribution >= 0.6 is 22.9 Å². The number of hydrogen-bond donors (Lipinski definition) is 0. The highest BCUT2D eigenvalue weighted by Gasteiger charge is 2.21. The first kappa shape index (κ1) is 16.7. The van der Waals surface area contributed by atoms with E-state index < -0.39 is 5.97 Å². The van der Waals surface area contributed by atoms with Crippen molar-refractivity contribution in [2.45, 2.75) is 20.5 Å². The molecule has 0 saturated heterocycles. The Balaban J connectivity index is 1.60. The van der Waals surface area contributed by atoms with Crippen LogP contribution in [0.25, 0.3) is 15.9 Å². The molecule has 9 heteroatoms. The second-order valence-electron chi connectivity index (χ2n) is 5.67. The summed E-state index contributed by atoms with van der Waals surface area (Å²) in [6.45, 7) is 3.41. The summed E-state index contributed by atoms with van der Waals surface area (Å²) in [7, 11) is 0. The van der Waals surface area contributed by atoms with Crippen LogP contribution in [0.1, 0.15) is 26.8 Å². The standard InChI is InChI=1S/C17H12ClN3O4S/c1-8-6-13(22)21-17(19-8)26-12(20-21)7-24-16(23)14-9(2)10-4-3-5-11(18)15(10)25-14/h3-6H,7H2,1-2H3. The van der Waals surface area contributed by atoms with Crippen molar-refractivity contribution in [2.75, 3.05) is 0 Å². The number of benzene rings is 1. The quantitative estimate of drug-likeness (QED) is 0.498. The topological polar surface area (TPSA) is 86.7 Å². The van der Waals surface area contributed by atoms with Crippen LogP contribution in [0.4, 0.5) is 0 Å². The lowest BCUT2D eigenvalue weighted by Gasteiger charge is -2.00. The molecule has 0 amide bonds. The molecule has 4 aromatic rings. The minimum absolute atomic E-state index is 0.0877. The van der Waals surface area contributed by atoms with Crippen LogP contribution in [0, 0.1) is 13.8 Å². The molecule has 0 spiro atoms. The van der Waals surface area contributed by atoms with Crippen LogP contribution in [0.3, 0.4) is 0 Å². The predicted molar refractivity (Wildman–Crippen MR) is 97.0 cm³/mol. The van der Waals surface area contributed by atoms with Gasteiger partial charge in [-0.15, -0.1) is 0 Å². The molecule has 0 saturated carbocycles. The summed E-state index contributed by atoms with van der Waals surface area (Å²) < 4.78 is 12.1. The summed E-state index contributed by atoms with van der Waals surface area (Å²) in [6, 6.07) is 6.70. The van der Waals surface area contributed by atoms with Crippen molar-refractivity contribution in [1.82, 2.24) is 14.6 Å². The Morgan fingerprint density at radius 2 is 2.19 bits per heavy atom. The van der Waals surface area contributed by atoms with Crippen LogP contribution in [0.5, 0.6) is 0 Å². The van der Waals surface area contributed by atoms with Crippen molar-refractivity contribution in [3.8, 4) is 0 Å². The van der Waals surface area contributed by atoms with Gasteiger partial charge in [0.05, 0.1) is 5.02 Å². The first-order valence-electron chi connectivity index (χ1n) is 7.65. The number of furan rings is 1. The third-order valence-corrected chi connectivity index (χ3v) is 5.02. The van der Waals surface area contributed by atoms with Crippen molar-refractivity contribution < 1.29 is 13.9 Å². The van der Waals surface area contributed by atoms with E-state index in [-0.39, 0.29) is 17.9 Å². The van der Waals surface area contributed by atoms with Crippen LogP contribution in [-0.2, 0) is 11.3 Å². The summed E-state index contributed by atoms with van der Waals surface area (Å²) in [4.78, 5) is 29.0. The smallest absolute Gasteiger partial charge is 0.374 e. The monoisotopic (exact) mass is 389 g/mol. The summed E-state index contributed by atoms with van der Waals surface area (Å²) in [5, 5.41) is 5.78. The van der Waals surface area contributed by atoms with Gasteiger partial charge in [0.1, 0.15) is 6.61 Å². The number of nitrogens with zero attached hydrogens (tertiary/aromatic N) is 3. The second-order valence-corrected chi connectivity index (χ2v) is 7.12. The Hall–Kier alpha value is -2.71. The minimum atomic E-state index is -0.620. The highest BCUT2D eigenvalue weighted by Crippen LogP contribution is 2.31. The van der Waals surface area contributed by atoms with Gasteiger partial charge in [-0.25, -0.2) is 9.78 Å². The van der Waals surface area contributed by atoms with Gasteiger partial charge in [0.15, 0.2) is 10.6 Å². The van der Waals surface area contributed by atoms with Crippen LogP contribution in [0.15, 0.2) is 33.5 Å². The van der Waals surface area contributed by atoms with E-state index >= 15 is 0 Å². The maximum Gasteiger partial charge on any atom is 0.374 e. The number of fused-ring (bicyclic) bond motifs is 2. The number of hydrogen-bond acceptors (Lipinski definition) is 7. The Morgan fingerprint density at radius 1 is 1.38 bits per heavy atom. The number of carbonyl (C=O) groups excluding carboxylic acids is 1. The van der Waals surface area contributed by atoms with E-state index in [1.54, 1.807) is 26.0 Å². The molecule has 0 aliphatic rings. The molecule has 0 fully saturated rings. The fourth-order valence-corrected chi connectivity index (χ4v) is 3.69. The average molecular weight is 390 g/mol. The lowest BCUT2D eigenvalue weighted by atomic mass is 10.1. The van der Waals surface area contributed by atoms with Gasteiger partial charge in [0, 0.05) is 22.7 Å². The van der Waals surface area contributed by atoms with E-state index in [2.05, 4.69) is 10.1 Å². The molecule has 26 heavy (non-hydrogen) atoms. The first-order chi connectivity index (χ1) is 12.4. The first-order valence-corrected chi connectivity index (χ1v) is 8.84. The number of ether oxygens (including phenoxy) is 1. The Kier molecular flexibility index (Phi) is 4.01. The zero-order chi connectivity index (χ0) is 18.4. The van der Waals surface area contributed by atoms with E-state index in [9.17, 15) is 9.59 Å². The van der Waals surface area contributed by atoms with Gasteiger partial charge in [0.2, 0.25) is 10.7 Å². The van der Waals surface area contributed by atoms with Crippen molar-refractivity contribution in [3.63, 3.8) is 0 Å². The molecule has 0 bridgehead atoms. The van der Waals surface area contributed by atoms with Gasteiger partial charge in [-0.1, -0.05) is 35.1 Å². The number of aromatic nitrogens is 3. The summed E-state index contributed by atoms with van der Waals surface area (Å²) in [5.74, 6) is -0.522. The maximum atomic E-state index is 12.4. The molecule has 0 N–H and O–H groups in total. The van der Waals surface area contributed by atoms with Crippen LogP contribution in [0.2, 0.25) is 5.02 Å². The maximum absolute atomic E-state index is 12.4. The Morgan fingerprint density at radius 3 is 2.96 bits per heavy atom. The summed E-state index contributed by atoms with van der Waals surface area (Å²) in [5.41, 5.74) is 1.44. The number of carbonyl (C=O) groups is 1. The van der Waals surface area contributed by atoms with Gasteiger partial charge in [-0.05, 0) is 19.9 Å². The van der Waals surface area contributed by atoms with Gasteiger partial charge in [0.25, 0.3) is 5.56 Å². The number of esters is 1. The number of aryl methyl sites for hydroxylation is 2. The molecule has 132 valence electrons. The largest absolute Gasteiger partial charge is 0.452 e. The zero-order valence-electron chi connectivity index (χ0n) is 13.8. The fraction of sp³-hybridized carbons (Fsp3) is 0.176. The lowest BCUT2D eigenvalue weighted by Crippen LogP contribution is -2.14. The molecular formula is C17H12ClN3O4S. The van der Waals surface area contributed by atoms with Crippen LogP contribution < -0.4 is 5.56 Å². The Bertz CT molecular complexity index is 1220. The summed E-state index contributed by atoms with van der Waals surface area (Å²) >= 11 is 7.29. The lowest BCUT2D eigenvalue weighted by molar-refractivity contribution is 0.0436. The van der Waals surface area contributed by atoms with Crippen molar-refractivity contribution in [1.29, 1.82) is 0 Å². The normalized spacial score (nSPS) is 11.3. The molecule has 0 aliphatic heterocycles. The number of para-hydroxylation sites is 1. The SMILES string of the molecule is Cc1cc(=O)n2nc(COC(=O)c3oc4c(Cl)cccc4c3C)sc2n1. The van der Waals surface area contributed by atoms with E-state index in [0.29, 0.717) is 31.8 Å². The minimum Gasteiger partial charge on any atom is -0.452 e. The molecule has 0 aliphatic carbocycles. The number of halogens is 1. The molecule has 7 nitrogen and oxygen atoms in total. The van der Waals surface area contributed by atoms with Crippen molar-refractivity contribution in [2.24, 2.45) is 0 Å². The van der Waals surface area contributed by atoms with Gasteiger partial charge < -0.3 is 9.15 Å². The average Bonchev–Trinajstić information content (AvgIpc) is 3.15.